The van der Waals surface area contributed by atoms with Gasteiger partial charge in [0.15, 0.2) is 11.6 Å². The molecule has 3 rings (SSSR count). The van der Waals surface area contributed by atoms with Crippen molar-refractivity contribution in [1.82, 2.24) is 4.31 Å². The number of rotatable bonds is 8. The van der Waals surface area contributed by atoms with Crippen LogP contribution in [0.3, 0.4) is 0 Å². The van der Waals surface area contributed by atoms with E-state index in [9.17, 15) is 22.0 Å². The number of halogens is 3. The molecule has 0 bridgehead atoms. The molecular formula is C23H20ClF2NO4S. The second kappa shape index (κ2) is 9.77. The summed E-state index contributed by atoms with van der Waals surface area (Å²) in [5.41, 5.74) is -0.479. The number of hydrogen-bond acceptors (Lipinski definition) is 3. The van der Waals surface area contributed by atoms with E-state index in [1.165, 1.54) is 12.1 Å². The molecule has 0 aliphatic rings. The molecule has 0 saturated heterocycles. The largest absolute Gasteiger partial charge is 0.478 e. The summed E-state index contributed by atoms with van der Waals surface area (Å²) in [6.07, 6.45) is 0.338. The standard InChI is InChI=1S/C23H20ClF2NO4S/c1-2-20(15-8-11-17(24)12-9-15)27(32(30,31)18-6-4-3-5-7-18)14-16-10-13-19(23(28)29)22(26)21(16)25/h3-13,20H,2,14H2,1H3,(H,28,29). The smallest absolute Gasteiger partial charge is 0.338 e. The van der Waals surface area contributed by atoms with Crippen LogP contribution in [0.15, 0.2) is 71.6 Å². The first-order chi connectivity index (χ1) is 15.2. The fourth-order valence-electron chi connectivity index (χ4n) is 3.43. The van der Waals surface area contributed by atoms with Crippen LogP contribution in [0.2, 0.25) is 5.02 Å². The summed E-state index contributed by atoms with van der Waals surface area (Å²) in [4.78, 5) is 11.1. The maximum absolute atomic E-state index is 14.7. The van der Waals surface area contributed by atoms with Crippen molar-refractivity contribution >= 4 is 27.6 Å². The molecule has 0 heterocycles. The lowest BCUT2D eigenvalue weighted by atomic mass is 10.0. The number of carbonyl (C=O) groups is 1. The molecule has 0 fully saturated rings. The Hall–Kier alpha value is -2.81. The molecule has 0 aliphatic carbocycles. The summed E-state index contributed by atoms with van der Waals surface area (Å²) in [5.74, 6) is -4.55. The molecule has 0 aliphatic heterocycles. The van der Waals surface area contributed by atoms with Gasteiger partial charge in [0.05, 0.1) is 16.5 Å². The second-order valence-electron chi connectivity index (χ2n) is 7.04. The zero-order valence-electron chi connectivity index (χ0n) is 17.0. The summed E-state index contributed by atoms with van der Waals surface area (Å²) in [6, 6.07) is 15.5. The lowest BCUT2D eigenvalue weighted by Gasteiger charge is -2.31. The van der Waals surface area contributed by atoms with Crippen molar-refractivity contribution in [3.05, 3.63) is 100 Å². The normalized spacial score (nSPS) is 12.7. The monoisotopic (exact) mass is 479 g/mol. The van der Waals surface area contributed by atoms with Crippen molar-refractivity contribution < 1.29 is 27.1 Å². The molecule has 1 N–H and O–H groups in total. The highest BCUT2D eigenvalue weighted by Crippen LogP contribution is 2.33. The fraction of sp³-hybridized carbons (Fsp3) is 0.174. The van der Waals surface area contributed by atoms with Crippen molar-refractivity contribution in [2.24, 2.45) is 0 Å². The second-order valence-corrected chi connectivity index (χ2v) is 9.37. The Balaban J connectivity index is 2.14. The van der Waals surface area contributed by atoms with Crippen LogP contribution in [0.1, 0.15) is 40.9 Å². The molecular weight excluding hydrogens is 460 g/mol. The molecule has 0 saturated carbocycles. The SMILES string of the molecule is CCC(c1ccc(Cl)cc1)N(Cc1ccc(C(=O)O)c(F)c1F)S(=O)(=O)c1ccccc1. The van der Waals surface area contributed by atoms with Crippen LogP contribution in [-0.4, -0.2) is 23.8 Å². The lowest BCUT2D eigenvalue weighted by molar-refractivity contribution is 0.0690. The summed E-state index contributed by atoms with van der Waals surface area (Å²) in [5, 5.41) is 9.49. The molecule has 1 unspecified atom stereocenters. The zero-order valence-corrected chi connectivity index (χ0v) is 18.6. The van der Waals surface area contributed by atoms with E-state index in [1.54, 1.807) is 49.4 Å². The Kier molecular flexibility index (Phi) is 7.28. The molecule has 0 aromatic heterocycles. The topological polar surface area (TPSA) is 74.7 Å². The number of aromatic carboxylic acids is 1. The van der Waals surface area contributed by atoms with Gasteiger partial charge in [-0.2, -0.15) is 4.31 Å². The van der Waals surface area contributed by atoms with Crippen molar-refractivity contribution in [3.8, 4) is 0 Å². The lowest BCUT2D eigenvalue weighted by Crippen LogP contribution is -2.34. The Labute approximate surface area is 189 Å². The van der Waals surface area contributed by atoms with Gasteiger partial charge < -0.3 is 5.11 Å². The summed E-state index contributed by atoms with van der Waals surface area (Å²) < 4.78 is 57.2. The van der Waals surface area contributed by atoms with E-state index in [2.05, 4.69) is 0 Å². The molecule has 9 heteroatoms. The number of sulfonamides is 1. The van der Waals surface area contributed by atoms with Gasteiger partial charge in [-0.1, -0.05) is 54.9 Å². The molecule has 1 atom stereocenters. The quantitative estimate of drug-likeness (QED) is 0.452. The summed E-state index contributed by atoms with van der Waals surface area (Å²) in [6.45, 7) is 1.28. The Bertz CT molecular complexity index is 1220. The van der Waals surface area contributed by atoms with Crippen molar-refractivity contribution in [2.75, 3.05) is 0 Å². The Morgan fingerprint density at radius 1 is 1.00 bits per heavy atom. The van der Waals surface area contributed by atoms with Crippen molar-refractivity contribution in [3.63, 3.8) is 0 Å². The van der Waals surface area contributed by atoms with Crippen LogP contribution in [0.25, 0.3) is 0 Å². The van der Waals surface area contributed by atoms with Gasteiger partial charge in [0.25, 0.3) is 0 Å². The molecule has 3 aromatic rings. The first kappa shape index (κ1) is 23.8. The van der Waals surface area contributed by atoms with Crippen LogP contribution < -0.4 is 0 Å². The summed E-state index contributed by atoms with van der Waals surface area (Å²) in [7, 11) is -4.13. The van der Waals surface area contributed by atoms with Gasteiger partial charge in [-0.3, -0.25) is 0 Å². The summed E-state index contributed by atoms with van der Waals surface area (Å²) >= 11 is 5.96. The van der Waals surface area contributed by atoms with Gasteiger partial charge >= 0.3 is 5.97 Å². The Morgan fingerprint density at radius 3 is 2.19 bits per heavy atom. The van der Waals surface area contributed by atoms with E-state index in [-0.39, 0.29) is 10.5 Å². The highest BCUT2D eigenvalue weighted by atomic mass is 35.5. The highest BCUT2D eigenvalue weighted by molar-refractivity contribution is 7.89. The van der Waals surface area contributed by atoms with Crippen LogP contribution >= 0.6 is 11.6 Å². The minimum atomic E-state index is -4.13. The minimum absolute atomic E-state index is 0.00421. The molecule has 0 amide bonds. The van der Waals surface area contributed by atoms with E-state index in [0.717, 1.165) is 16.4 Å². The van der Waals surface area contributed by atoms with E-state index >= 15 is 0 Å². The first-order valence-corrected chi connectivity index (χ1v) is 11.5. The van der Waals surface area contributed by atoms with Gasteiger partial charge in [0.1, 0.15) is 0 Å². The average Bonchev–Trinajstić information content (AvgIpc) is 2.78. The van der Waals surface area contributed by atoms with Crippen molar-refractivity contribution in [2.45, 2.75) is 30.8 Å². The third-order valence-corrected chi connectivity index (χ3v) is 7.18. The van der Waals surface area contributed by atoms with E-state index in [0.29, 0.717) is 17.0 Å². The van der Waals surface area contributed by atoms with Gasteiger partial charge in [-0.05, 0) is 42.3 Å². The van der Waals surface area contributed by atoms with Gasteiger partial charge in [0, 0.05) is 17.1 Å². The van der Waals surface area contributed by atoms with Gasteiger partial charge in [0.2, 0.25) is 10.0 Å². The predicted molar refractivity (Wildman–Crippen MR) is 117 cm³/mol. The zero-order chi connectivity index (χ0) is 23.5. The predicted octanol–water partition coefficient (Wildman–Crippen LogP) is 5.66. The maximum atomic E-state index is 14.7. The van der Waals surface area contributed by atoms with E-state index in [1.807, 2.05) is 0 Å². The van der Waals surface area contributed by atoms with Gasteiger partial charge in [-0.25, -0.2) is 22.0 Å². The van der Waals surface area contributed by atoms with E-state index < -0.39 is 45.8 Å². The fourth-order valence-corrected chi connectivity index (χ4v) is 5.24. The number of hydrogen-bond donors (Lipinski definition) is 1. The van der Waals surface area contributed by atoms with Crippen LogP contribution in [0, 0.1) is 11.6 Å². The Morgan fingerprint density at radius 2 is 1.62 bits per heavy atom. The molecule has 168 valence electrons. The number of nitrogens with zero attached hydrogens (tertiary/aromatic N) is 1. The molecule has 32 heavy (non-hydrogen) atoms. The minimum Gasteiger partial charge on any atom is -0.478 e. The molecule has 3 aromatic carbocycles. The number of carboxylic acid groups (broad SMARTS) is 1. The van der Waals surface area contributed by atoms with Gasteiger partial charge in [-0.15, -0.1) is 0 Å². The van der Waals surface area contributed by atoms with Crippen LogP contribution in [0.4, 0.5) is 8.78 Å². The third-order valence-electron chi connectivity index (χ3n) is 5.06. The average molecular weight is 480 g/mol. The van der Waals surface area contributed by atoms with Crippen LogP contribution in [0.5, 0.6) is 0 Å². The van der Waals surface area contributed by atoms with Crippen molar-refractivity contribution in [1.29, 1.82) is 0 Å². The highest BCUT2D eigenvalue weighted by Gasteiger charge is 2.33. The molecule has 0 spiro atoms. The number of carboxylic acids is 1. The maximum Gasteiger partial charge on any atom is 0.338 e. The third kappa shape index (κ3) is 4.82. The molecule has 5 nitrogen and oxygen atoms in total. The molecule has 0 radical (unpaired) electrons. The number of benzene rings is 3. The van der Waals surface area contributed by atoms with Crippen LogP contribution in [-0.2, 0) is 16.6 Å². The van der Waals surface area contributed by atoms with E-state index in [4.69, 9.17) is 16.7 Å². The first-order valence-electron chi connectivity index (χ1n) is 9.69.